The molecule has 192 valence electrons. The average molecular weight is 503 g/mol. The monoisotopic (exact) mass is 502 g/mol. The highest BCUT2D eigenvalue weighted by Gasteiger charge is 2.16. The van der Waals surface area contributed by atoms with Crippen LogP contribution in [0.2, 0.25) is 0 Å². The first-order valence-electron chi connectivity index (χ1n) is 11.3. The van der Waals surface area contributed by atoms with Gasteiger partial charge in [-0.3, -0.25) is 4.79 Å². The van der Waals surface area contributed by atoms with Crippen molar-refractivity contribution in [1.82, 2.24) is 0 Å². The zero-order chi connectivity index (χ0) is 26.1. The van der Waals surface area contributed by atoms with Gasteiger partial charge in [0.15, 0.2) is 0 Å². The number of aromatic hydroxyl groups is 4. The van der Waals surface area contributed by atoms with Gasteiger partial charge in [-0.1, -0.05) is 48.5 Å². The van der Waals surface area contributed by atoms with Crippen molar-refractivity contribution in [2.75, 3.05) is 6.61 Å². The molecule has 7 nitrogen and oxygen atoms in total. The van der Waals surface area contributed by atoms with Crippen LogP contribution in [0.4, 0.5) is 0 Å². The number of esters is 1. The SMILES string of the molecule is CCOC(C)=O.O.Oc1ccc(C(=C(c2ccc(O)cc2)c2ccc(O)cc2)c2ccc(O)cc2)cc1. The van der Waals surface area contributed by atoms with E-state index in [0.717, 1.165) is 33.4 Å². The smallest absolute Gasteiger partial charge is 0.302 e. The maximum Gasteiger partial charge on any atom is 0.302 e. The molecule has 0 saturated carbocycles. The van der Waals surface area contributed by atoms with Gasteiger partial charge in [-0.25, -0.2) is 0 Å². The normalized spacial score (nSPS) is 9.78. The summed E-state index contributed by atoms with van der Waals surface area (Å²) in [7, 11) is 0. The Kier molecular flexibility index (Phi) is 10.3. The summed E-state index contributed by atoms with van der Waals surface area (Å²) in [6.45, 7) is 3.65. The number of ether oxygens (including phenoxy) is 1. The fraction of sp³-hybridized carbons (Fsp3) is 0.100. The van der Waals surface area contributed by atoms with Crippen LogP contribution in [-0.4, -0.2) is 38.5 Å². The van der Waals surface area contributed by atoms with Crippen molar-refractivity contribution in [2.45, 2.75) is 13.8 Å². The highest BCUT2D eigenvalue weighted by molar-refractivity contribution is 6.04. The highest BCUT2D eigenvalue weighted by Crippen LogP contribution is 2.38. The molecule has 0 fully saturated rings. The summed E-state index contributed by atoms with van der Waals surface area (Å²) < 4.78 is 4.40. The Labute approximate surface area is 215 Å². The van der Waals surface area contributed by atoms with E-state index in [1.54, 1.807) is 55.5 Å². The molecule has 37 heavy (non-hydrogen) atoms. The Hall–Kier alpha value is -4.75. The lowest BCUT2D eigenvalue weighted by molar-refractivity contribution is -0.140. The first-order chi connectivity index (χ1) is 17.3. The summed E-state index contributed by atoms with van der Waals surface area (Å²) in [5, 5.41) is 39.1. The minimum atomic E-state index is -0.211. The number of carbonyl (C=O) groups excluding carboxylic acids is 1. The third kappa shape index (κ3) is 7.88. The van der Waals surface area contributed by atoms with E-state index in [0.29, 0.717) is 6.61 Å². The number of rotatable bonds is 5. The second-order valence-electron chi connectivity index (χ2n) is 7.86. The average Bonchev–Trinajstić information content (AvgIpc) is 2.86. The second kappa shape index (κ2) is 13.4. The van der Waals surface area contributed by atoms with Crippen LogP contribution in [0.5, 0.6) is 23.0 Å². The summed E-state index contributed by atoms with van der Waals surface area (Å²) in [5.74, 6) is 0.455. The van der Waals surface area contributed by atoms with Gasteiger partial charge in [0.2, 0.25) is 0 Å². The Balaban J connectivity index is 0.000000618. The van der Waals surface area contributed by atoms with Crippen LogP contribution in [0.1, 0.15) is 36.1 Å². The van der Waals surface area contributed by atoms with Crippen LogP contribution >= 0.6 is 0 Å². The molecule has 6 N–H and O–H groups in total. The number of benzene rings is 4. The van der Waals surface area contributed by atoms with E-state index in [2.05, 4.69) is 4.74 Å². The van der Waals surface area contributed by atoms with Crippen molar-refractivity contribution >= 4 is 17.1 Å². The van der Waals surface area contributed by atoms with Crippen molar-refractivity contribution in [3.63, 3.8) is 0 Å². The second-order valence-corrected chi connectivity index (χ2v) is 7.86. The Morgan fingerprint density at radius 3 is 0.892 bits per heavy atom. The van der Waals surface area contributed by atoms with Crippen LogP contribution in [0, 0.1) is 0 Å². The number of phenolic OH excluding ortho intramolecular Hbond substituents is 4. The first kappa shape index (κ1) is 28.5. The molecule has 0 radical (unpaired) electrons. The molecule has 0 aliphatic heterocycles. The lowest BCUT2D eigenvalue weighted by Gasteiger charge is -2.18. The van der Waals surface area contributed by atoms with Crippen LogP contribution in [0.15, 0.2) is 97.1 Å². The standard InChI is InChI=1S/C26H20O4.C4H8O2.H2O/c27-21-9-1-17(2-10-21)25(18-3-11-22(28)12-4-18)26(19-5-13-23(29)14-6-19)20-7-15-24(30)16-8-20;1-3-6-4(2)5;/h1-16,27-30H;3H2,1-2H3;1H2. The van der Waals surface area contributed by atoms with E-state index in [-0.39, 0.29) is 34.4 Å². The van der Waals surface area contributed by atoms with E-state index < -0.39 is 0 Å². The lowest BCUT2D eigenvalue weighted by Crippen LogP contribution is -1.97. The van der Waals surface area contributed by atoms with Gasteiger partial charge in [0.1, 0.15) is 23.0 Å². The van der Waals surface area contributed by atoms with E-state index in [1.807, 2.05) is 48.5 Å². The first-order valence-corrected chi connectivity index (χ1v) is 11.3. The predicted octanol–water partition coefficient (Wildman–Crippen LogP) is 5.26. The molecule has 4 aromatic rings. The Morgan fingerprint density at radius 1 is 0.541 bits per heavy atom. The van der Waals surface area contributed by atoms with Gasteiger partial charge in [0.05, 0.1) is 6.61 Å². The maximum atomic E-state index is 9.82. The van der Waals surface area contributed by atoms with Gasteiger partial charge in [-0.15, -0.1) is 0 Å². The molecule has 0 amide bonds. The molecular formula is C30H30O7. The number of hydrogen-bond donors (Lipinski definition) is 4. The molecule has 0 unspecified atom stereocenters. The predicted molar refractivity (Wildman–Crippen MR) is 143 cm³/mol. The fourth-order valence-corrected chi connectivity index (χ4v) is 3.63. The van der Waals surface area contributed by atoms with Crippen molar-refractivity contribution in [3.8, 4) is 23.0 Å². The summed E-state index contributed by atoms with van der Waals surface area (Å²) >= 11 is 0. The zero-order valence-corrected chi connectivity index (χ0v) is 20.6. The van der Waals surface area contributed by atoms with Gasteiger partial charge in [0, 0.05) is 6.92 Å². The molecule has 0 atom stereocenters. The van der Waals surface area contributed by atoms with E-state index in [4.69, 9.17) is 0 Å². The Bertz CT molecular complexity index is 1110. The molecule has 0 heterocycles. The minimum Gasteiger partial charge on any atom is -0.508 e. The van der Waals surface area contributed by atoms with Gasteiger partial charge < -0.3 is 30.6 Å². The highest BCUT2D eigenvalue weighted by atomic mass is 16.5. The molecule has 0 bridgehead atoms. The van der Waals surface area contributed by atoms with Crippen LogP contribution < -0.4 is 0 Å². The topological polar surface area (TPSA) is 139 Å². The van der Waals surface area contributed by atoms with Crippen molar-refractivity contribution in [2.24, 2.45) is 0 Å². The number of carbonyl (C=O) groups is 1. The molecule has 4 aromatic carbocycles. The van der Waals surface area contributed by atoms with Gasteiger partial charge in [-0.05, 0) is 88.9 Å². The van der Waals surface area contributed by atoms with Crippen molar-refractivity contribution in [3.05, 3.63) is 119 Å². The Morgan fingerprint density at radius 2 is 0.757 bits per heavy atom. The maximum absolute atomic E-state index is 9.82. The quantitative estimate of drug-likeness (QED) is 0.217. The van der Waals surface area contributed by atoms with Crippen LogP contribution in [0.25, 0.3) is 11.1 Å². The number of hydrogen-bond acceptors (Lipinski definition) is 6. The third-order valence-electron chi connectivity index (χ3n) is 5.22. The molecule has 0 aliphatic carbocycles. The minimum absolute atomic E-state index is 0. The molecule has 7 heteroatoms. The third-order valence-corrected chi connectivity index (χ3v) is 5.22. The molecule has 0 spiro atoms. The molecule has 0 aliphatic rings. The van der Waals surface area contributed by atoms with E-state index >= 15 is 0 Å². The molecular weight excluding hydrogens is 472 g/mol. The van der Waals surface area contributed by atoms with Gasteiger partial charge in [-0.2, -0.15) is 0 Å². The van der Waals surface area contributed by atoms with Crippen LogP contribution in [0.3, 0.4) is 0 Å². The summed E-state index contributed by atoms with van der Waals surface area (Å²) in [4.78, 5) is 9.82. The van der Waals surface area contributed by atoms with Crippen LogP contribution in [-0.2, 0) is 9.53 Å². The lowest BCUT2D eigenvalue weighted by atomic mass is 9.85. The summed E-state index contributed by atoms with van der Waals surface area (Å²) in [5.41, 5.74) is 5.24. The molecule has 0 saturated heterocycles. The van der Waals surface area contributed by atoms with Gasteiger partial charge >= 0.3 is 5.97 Å². The van der Waals surface area contributed by atoms with E-state index in [1.165, 1.54) is 6.92 Å². The van der Waals surface area contributed by atoms with Gasteiger partial charge in [0.25, 0.3) is 0 Å². The van der Waals surface area contributed by atoms with E-state index in [9.17, 15) is 25.2 Å². The molecule has 0 aromatic heterocycles. The van der Waals surface area contributed by atoms with Crippen molar-refractivity contribution < 1.29 is 35.4 Å². The summed E-state index contributed by atoms with van der Waals surface area (Å²) in [6.07, 6.45) is 0. The zero-order valence-electron chi connectivity index (χ0n) is 20.6. The fourth-order valence-electron chi connectivity index (χ4n) is 3.63. The van der Waals surface area contributed by atoms with Crippen molar-refractivity contribution in [1.29, 1.82) is 0 Å². The summed E-state index contributed by atoms with van der Waals surface area (Å²) in [6, 6.07) is 27.7. The number of phenols is 4. The largest absolute Gasteiger partial charge is 0.508 e. The molecule has 4 rings (SSSR count).